The van der Waals surface area contributed by atoms with Crippen LogP contribution in [0, 0.1) is 0 Å². The largest absolute Gasteiger partial charge is 0.370 e. The third kappa shape index (κ3) is 4.35. The molecule has 0 aromatic heterocycles. The van der Waals surface area contributed by atoms with Crippen LogP contribution in [0.15, 0.2) is 24.3 Å². The zero-order chi connectivity index (χ0) is 14.4. The smallest absolute Gasteiger partial charge is 0.170 e. The van der Waals surface area contributed by atoms with Gasteiger partial charge in [-0.3, -0.25) is 0 Å². The van der Waals surface area contributed by atoms with E-state index in [9.17, 15) is 0 Å². The molecule has 4 nitrogen and oxygen atoms in total. The maximum absolute atomic E-state index is 5.36. The molecule has 0 atom stereocenters. The van der Waals surface area contributed by atoms with Crippen LogP contribution >= 0.6 is 12.2 Å². The lowest BCUT2D eigenvalue weighted by atomic mass is 10.2. The van der Waals surface area contributed by atoms with E-state index in [2.05, 4.69) is 52.7 Å². The van der Waals surface area contributed by atoms with Crippen LogP contribution in [0.5, 0.6) is 0 Å². The number of para-hydroxylation sites is 2. The molecule has 1 aromatic carbocycles. The Bertz CT molecular complexity index is 441. The molecule has 1 heterocycles. The molecule has 1 aliphatic heterocycles. The first-order chi connectivity index (χ1) is 9.66. The molecule has 2 rings (SSSR count). The lowest BCUT2D eigenvalue weighted by Crippen LogP contribution is -2.34. The minimum Gasteiger partial charge on any atom is -0.370 e. The Kier molecular flexibility index (Phi) is 5.61. The van der Waals surface area contributed by atoms with Gasteiger partial charge in [0.05, 0.1) is 11.4 Å². The summed E-state index contributed by atoms with van der Waals surface area (Å²) >= 11 is 5.36. The van der Waals surface area contributed by atoms with E-state index in [-0.39, 0.29) is 0 Å². The number of hydrogen-bond donors (Lipinski definition) is 2. The first-order valence-corrected chi connectivity index (χ1v) is 7.61. The molecule has 2 N–H and O–H groups in total. The highest BCUT2D eigenvalue weighted by molar-refractivity contribution is 7.80. The first-order valence-electron chi connectivity index (χ1n) is 7.20. The minimum absolute atomic E-state index is 0.693. The van der Waals surface area contributed by atoms with Crippen LogP contribution in [0.4, 0.5) is 11.4 Å². The SMILES string of the molecule is CN(C)CCNC(=S)Nc1ccccc1N1CCCC1. The zero-order valence-corrected chi connectivity index (χ0v) is 13.2. The summed E-state index contributed by atoms with van der Waals surface area (Å²) in [7, 11) is 4.11. The molecular formula is C15H24N4S. The number of rotatable bonds is 5. The van der Waals surface area contributed by atoms with Crippen molar-refractivity contribution in [1.29, 1.82) is 0 Å². The van der Waals surface area contributed by atoms with Crippen molar-refractivity contribution in [2.45, 2.75) is 12.8 Å². The Hall–Kier alpha value is -1.33. The van der Waals surface area contributed by atoms with Crippen molar-refractivity contribution in [3.8, 4) is 0 Å². The Morgan fingerprint density at radius 2 is 1.95 bits per heavy atom. The summed E-state index contributed by atoms with van der Waals surface area (Å²) in [6, 6.07) is 8.38. The van der Waals surface area contributed by atoms with Gasteiger partial charge in [0.2, 0.25) is 0 Å². The summed E-state index contributed by atoms with van der Waals surface area (Å²) in [5, 5.41) is 7.25. The zero-order valence-electron chi connectivity index (χ0n) is 12.4. The van der Waals surface area contributed by atoms with Crippen LogP contribution in [0.2, 0.25) is 0 Å². The Labute approximate surface area is 127 Å². The van der Waals surface area contributed by atoms with Crippen LogP contribution < -0.4 is 15.5 Å². The highest BCUT2D eigenvalue weighted by Crippen LogP contribution is 2.28. The van der Waals surface area contributed by atoms with Gasteiger partial charge in [-0.15, -0.1) is 0 Å². The predicted molar refractivity (Wildman–Crippen MR) is 90.7 cm³/mol. The van der Waals surface area contributed by atoms with Crippen LogP contribution in [-0.4, -0.2) is 50.3 Å². The molecule has 0 bridgehead atoms. The summed E-state index contributed by atoms with van der Waals surface area (Å²) < 4.78 is 0. The molecule has 20 heavy (non-hydrogen) atoms. The van der Waals surface area contributed by atoms with Gasteiger partial charge in [-0.25, -0.2) is 0 Å². The number of nitrogens with one attached hydrogen (secondary N) is 2. The van der Waals surface area contributed by atoms with Gasteiger partial charge in [-0.1, -0.05) is 12.1 Å². The van der Waals surface area contributed by atoms with Gasteiger partial charge in [0.15, 0.2) is 5.11 Å². The summed E-state index contributed by atoms with van der Waals surface area (Å²) in [6.07, 6.45) is 2.56. The third-order valence-corrected chi connectivity index (χ3v) is 3.69. The normalized spacial score (nSPS) is 14.7. The van der Waals surface area contributed by atoms with Crippen molar-refractivity contribution in [1.82, 2.24) is 10.2 Å². The van der Waals surface area contributed by atoms with E-state index in [4.69, 9.17) is 12.2 Å². The minimum atomic E-state index is 0.693. The fourth-order valence-corrected chi connectivity index (χ4v) is 2.58. The van der Waals surface area contributed by atoms with E-state index in [1.807, 2.05) is 6.07 Å². The standard InChI is InChI=1S/C15H24N4S/c1-18(2)12-9-16-15(20)17-13-7-3-4-8-14(13)19-10-5-6-11-19/h3-4,7-8H,5-6,9-12H2,1-2H3,(H2,16,17,20). The van der Waals surface area contributed by atoms with E-state index in [1.165, 1.54) is 18.5 Å². The molecule has 0 amide bonds. The molecule has 1 fully saturated rings. The maximum Gasteiger partial charge on any atom is 0.170 e. The molecule has 0 saturated carbocycles. The number of nitrogens with zero attached hydrogens (tertiary/aromatic N) is 2. The van der Waals surface area contributed by atoms with E-state index < -0.39 is 0 Å². The van der Waals surface area contributed by atoms with Gasteiger partial charge in [0, 0.05) is 26.2 Å². The lowest BCUT2D eigenvalue weighted by Gasteiger charge is -2.22. The second kappa shape index (κ2) is 7.45. The highest BCUT2D eigenvalue weighted by Gasteiger charge is 2.15. The number of anilines is 2. The van der Waals surface area contributed by atoms with Gasteiger partial charge in [-0.2, -0.15) is 0 Å². The number of benzene rings is 1. The van der Waals surface area contributed by atoms with Crippen molar-refractivity contribution in [3.05, 3.63) is 24.3 Å². The first kappa shape index (κ1) is 15.1. The second-order valence-corrected chi connectivity index (χ2v) is 5.80. The highest BCUT2D eigenvalue weighted by atomic mass is 32.1. The van der Waals surface area contributed by atoms with Crippen LogP contribution in [0.25, 0.3) is 0 Å². The molecule has 0 unspecified atom stereocenters. The fraction of sp³-hybridized carbons (Fsp3) is 0.533. The van der Waals surface area contributed by atoms with Gasteiger partial charge >= 0.3 is 0 Å². The maximum atomic E-state index is 5.36. The molecule has 1 saturated heterocycles. The predicted octanol–water partition coefficient (Wildman–Crippen LogP) is 2.13. The summed E-state index contributed by atoms with van der Waals surface area (Å²) in [5.41, 5.74) is 2.35. The van der Waals surface area contributed by atoms with Crippen LogP contribution in [0.3, 0.4) is 0 Å². The number of thiocarbonyl (C=S) groups is 1. The molecule has 0 aliphatic carbocycles. The van der Waals surface area contributed by atoms with Gasteiger partial charge in [-0.05, 0) is 51.3 Å². The summed E-state index contributed by atoms with van der Waals surface area (Å²) in [6.45, 7) is 4.10. The fourth-order valence-electron chi connectivity index (χ4n) is 2.37. The van der Waals surface area contributed by atoms with Crippen molar-refractivity contribution in [3.63, 3.8) is 0 Å². The summed E-state index contributed by atoms with van der Waals surface area (Å²) in [5.74, 6) is 0. The van der Waals surface area contributed by atoms with E-state index in [1.54, 1.807) is 0 Å². The van der Waals surface area contributed by atoms with E-state index in [0.717, 1.165) is 31.9 Å². The third-order valence-electron chi connectivity index (χ3n) is 3.44. The van der Waals surface area contributed by atoms with Gasteiger partial charge in [0.1, 0.15) is 0 Å². The molecule has 110 valence electrons. The Morgan fingerprint density at radius 1 is 1.25 bits per heavy atom. The number of likely N-dealkylation sites (N-methyl/N-ethyl adjacent to an activating group) is 1. The summed E-state index contributed by atoms with van der Waals surface area (Å²) in [4.78, 5) is 4.55. The van der Waals surface area contributed by atoms with Crippen molar-refractivity contribution < 1.29 is 0 Å². The average Bonchev–Trinajstić information content (AvgIpc) is 2.92. The van der Waals surface area contributed by atoms with Crippen LogP contribution in [-0.2, 0) is 0 Å². The molecular weight excluding hydrogens is 268 g/mol. The van der Waals surface area contributed by atoms with Crippen molar-refractivity contribution in [2.75, 3.05) is 50.5 Å². The van der Waals surface area contributed by atoms with Gasteiger partial charge < -0.3 is 20.4 Å². The topological polar surface area (TPSA) is 30.5 Å². The molecule has 5 heteroatoms. The average molecular weight is 292 g/mol. The van der Waals surface area contributed by atoms with Gasteiger partial charge in [0.25, 0.3) is 0 Å². The van der Waals surface area contributed by atoms with Crippen LogP contribution in [0.1, 0.15) is 12.8 Å². The van der Waals surface area contributed by atoms with Crippen molar-refractivity contribution >= 4 is 28.7 Å². The monoisotopic (exact) mass is 292 g/mol. The Morgan fingerprint density at radius 3 is 2.65 bits per heavy atom. The second-order valence-electron chi connectivity index (χ2n) is 5.40. The molecule has 0 radical (unpaired) electrons. The molecule has 0 spiro atoms. The molecule has 1 aromatic rings. The lowest BCUT2D eigenvalue weighted by molar-refractivity contribution is 0.413. The quantitative estimate of drug-likeness (QED) is 0.812. The number of hydrogen-bond acceptors (Lipinski definition) is 3. The molecule has 1 aliphatic rings. The van der Waals surface area contributed by atoms with E-state index >= 15 is 0 Å². The Balaban J connectivity index is 1.93. The van der Waals surface area contributed by atoms with Crippen molar-refractivity contribution in [2.24, 2.45) is 0 Å². The van der Waals surface area contributed by atoms with E-state index in [0.29, 0.717) is 5.11 Å².